The molecule has 82 valence electrons. The highest BCUT2D eigenvalue weighted by Crippen LogP contribution is 2.12. The fourth-order valence-electron chi connectivity index (χ4n) is 0.892. The molecule has 1 aromatic rings. The molecule has 0 aliphatic carbocycles. The van der Waals surface area contributed by atoms with Crippen molar-refractivity contribution in [2.24, 2.45) is 0 Å². The SMILES string of the molecule is CC.CC.CCc1cccc(OC)c1. The minimum atomic E-state index is 0.944. The Balaban J connectivity index is 0. The zero-order valence-corrected chi connectivity index (χ0v) is 10.4. The van der Waals surface area contributed by atoms with E-state index in [1.54, 1.807) is 7.11 Å². The summed E-state index contributed by atoms with van der Waals surface area (Å²) in [5, 5.41) is 0. The van der Waals surface area contributed by atoms with Crippen LogP contribution in [0.25, 0.3) is 0 Å². The van der Waals surface area contributed by atoms with Gasteiger partial charge in [0.15, 0.2) is 0 Å². The first kappa shape index (κ1) is 15.5. The third-order valence-electron chi connectivity index (χ3n) is 1.54. The minimum Gasteiger partial charge on any atom is -0.497 e. The van der Waals surface area contributed by atoms with E-state index in [1.807, 2.05) is 39.8 Å². The van der Waals surface area contributed by atoms with E-state index in [0.717, 1.165) is 12.2 Å². The number of hydrogen-bond donors (Lipinski definition) is 0. The van der Waals surface area contributed by atoms with Gasteiger partial charge in [-0.25, -0.2) is 0 Å². The van der Waals surface area contributed by atoms with Gasteiger partial charge in [0.2, 0.25) is 0 Å². The number of benzene rings is 1. The second kappa shape index (κ2) is 12.0. The number of rotatable bonds is 2. The summed E-state index contributed by atoms with van der Waals surface area (Å²) >= 11 is 0. The smallest absolute Gasteiger partial charge is 0.119 e. The van der Waals surface area contributed by atoms with Crippen LogP contribution in [0.3, 0.4) is 0 Å². The molecule has 0 saturated carbocycles. The second-order valence-electron chi connectivity index (χ2n) is 2.21. The van der Waals surface area contributed by atoms with Gasteiger partial charge in [0, 0.05) is 0 Å². The first-order valence-corrected chi connectivity index (χ1v) is 5.49. The van der Waals surface area contributed by atoms with Crippen LogP contribution in [-0.4, -0.2) is 7.11 Å². The molecular weight excluding hydrogens is 172 g/mol. The summed E-state index contributed by atoms with van der Waals surface area (Å²) in [6, 6.07) is 8.12. The Kier molecular flexibility index (Phi) is 13.3. The van der Waals surface area contributed by atoms with Crippen molar-refractivity contribution in [3.8, 4) is 5.75 Å². The van der Waals surface area contributed by atoms with E-state index in [0.29, 0.717) is 0 Å². The lowest BCUT2D eigenvalue weighted by atomic mass is 10.2. The summed E-state index contributed by atoms with van der Waals surface area (Å²) in [6.45, 7) is 10.1. The third-order valence-corrected chi connectivity index (χ3v) is 1.54. The van der Waals surface area contributed by atoms with Gasteiger partial charge in [0.05, 0.1) is 7.11 Å². The van der Waals surface area contributed by atoms with E-state index in [2.05, 4.69) is 19.1 Å². The predicted molar refractivity (Wildman–Crippen MR) is 65.1 cm³/mol. The van der Waals surface area contributed by atoms with Gasteiger partial charge >= 0.3 is 0 Å². The van der Waals surface area contributed by atoms with Gasteiger partial charge < -0.3 is 4.74 Å². The highest BCUT2D eigenvalue weighted by atomic mass is 16.5. The van der Waals surface area contributed by atoms with E-state index < -0.39 is 0 Å². The molecule has 0 amide bonds. The number of hydrogen-bond acceptors (Lipinski definition) is 1. The van der Waals surface area contributed by atoms with Crippen LogP contribution in [0.5, 0.6) is 5.75 Å². The molecule has 0 heterocycles. The zero-order valence-electron chi connectivity index (χ0n) is 10.4. The number of aryl methyl sites for hydroxylation is 1. The summed E-state index contributed by atoms with van der Waals surface area (Å²) in [7, 11) is 1.69. The summed E-state index contributed by atoms with van der Waals surface area (Å²) in [5.41, 5.74) is 1.32. The van der Waals surface area contributed by atoms with Crippen molar-refractivity contribution in [2.45, 2.75) is 41.0 Å². The minimum absolute atomic E-state index is 0.944. The lowest BCUT2D eigenvalue weighted by Crippen LogP contribution is -1.84. The van der Waals surface area contributed by atoms with E-state index in [1.165, 1.54) is 5.56 Å². The Morgan fingerprint density at radius 1 is 1.07 bits per heavy atom. The maximum absolute atomic E-state index is 5.06. The first-order chi connectivity index (χ1) is 6.86. The predicted octanol–water partition coefficient (Wildman–Crippen LogP) is 4.31. The molecule has 1 aromatic carbocycles. The second-order valence-corrected chi connectivity index (χ2v) is 2.21. The number of ether oxygens (including phenoxy) is 1. The van der Waals surface area contributed by atoms with Crippen molar-refractivity contribution in [3.05, 3.63) is 29.8 Å². The number of methoxy groups -OCH3 is 1. The molecule has 14 heavy (non-hydrogen) atoms. The normalized spacial score (nSPS) is 7.57. The summed E-state index contributed by atoms with van der Waals surface area (Å²) < 4.78 is 5.06. The monoisotopic (exact) mass is 196 g/mol. The van der Waals surface area contributed by atoms with Crippen LogP contribution in [0.1, 0.15) is 40.2 Å². The Bertz CT molecular complexity index is 187. The van der Waals surface area contributed by atoms with Crippen molar-refractivity contribution in [1.29, 1.82) is 0 Å². The van der Waals surface area contributed by atoms with Gasteiger partial charge in [-0.05, 0) is 24.1 Å². The molecule has 0 atom stereocenters. The summed E-state index contributed by atoms with van der Waals surface area (Å²) in [4.78, 5) is 0. The molecule has 0 saturated heterocycles. The Labute approximate surface area is 89.1 Å². The molecule has 1 rings (SSSR count). The van der Waals surface area contributed by atoms with Crippen molar-refractivity contribution >= 4 is 0 Å². The van der Waals surface area contributed by atoms with Crippen molar-refractivity contribution < 1.29 is 4.74 Å². The fourth-order valence-corrected chi connectivity index (χ4v) is 0.892. The van der Waals surface area contributed by atoms with E-state index in [4.69, 9.17) is 4.74 Å². The molecular formula is C13H24O. The van der Waals surface area contributed by atoms with Crippen LogP contribution in [0.2, 0.25) is 0 Å². The summed E-state index contributed by atoms with van der Waals surface area (Å²) in [5.74, 6) is 0.944. The average Bonchev–Trinajstić information content (AvgIpc) is 2.34. The first-order valence-electron chi connectivity index (χ1n) is 5.49. The standard InChI is InChI=1S/C9H12O.2C2H6/c1-3-8-5-4-6-9(7-8)10-2;2*1-2/h4-7H,3H2,1-2H3;2*1-2H3. The van der Waals surface area contributed by atoms with Crippen molar-refractivity contribution in [3.63, 3.8) is 0 Å². The molecule has 0 aliphatic rings. The quantitative estimate of drug-likeness (QED) is 0.685. The van der Waals surface area contributed by atoms with Gasteiger partial charge in [-0.3, -0.25) is 0 Å². The highest BCUT2D eigenvalue weighted by Gasteiger charge is 1.90. The Morgan fingerprint density at radius 2 is 1.64 bits per heavy atom. The molecule has 0 aromatic heterocycles. The molecule has 0 fully saturated rings. The van der Waals surface area contributed by atoms with Gasteiger partial charge in [0.1, 0.15) is 5.75 Å². The third kappa shape index (κ3) is 6.53. The molecule has 0 radical (unpaired) electrons. The lowest BCUT2D eigenvalue weighted by molar-refractivity contribution is 0.414. The molecule has 0 aliphatic heterocycles. The largest absolute Gasteiger partial charge is 0.497 e. The lowest BCUT2D eigenvalue weighted by Gasteiger charge is -2.00. The Morgan fingerprint density at radius 3 is 2.07 bits per heavy atom. The maximum Gasteiger partial charge on any atom is 0.119 e. The molecule has 0 bridgehead atoms. The Hall–Kier alpha value is -0.980. The molecule has 0 spiro atoms. The average molecular weight is 196 g/mol. The van der Waals surface area contributed by atoms with Crippen LogP contribution in [0.15, 0.2) is 24.3 Å². The zero-order chi connectivity index (χ0) is 11.4. The molecule has 0 unspecified atom stereocenters. The van der Waals surface area contributed by atoms with Crippen LogP contribution in [0, 0.1) is 0 Å². The van der Waals surface area contributed by atoms with E-state index >= 15 is 0 Å². The van der Waals surface area contributed by atoms with Crippen LogP contribution in [-0.2, 0) is 6.42 Å². The van der Waals surface area contributed by atoms with Gasteiger partial charge in [-0.2, -0.15) is 0 Å². The van der Waals surface area contributed by atoms with Gasteiger partial charge in [0.25, 0.3) is 0 Å². The van der Waals surface area contributed by atoms with E-state index in [-0.39, 0.29) is 0 Å². The van der Waals surface area contributed by atoms with E-state index in [9.17, 15) is 0 Å². The van der Waals surface area contributed by atoms with Crippen LogP contribution in [0.4, 0.5) is 0 Å². The van der Waals surface area contributed by atoms with Gasteiger partial charge in [-0.1, -0.05) is 46.8 Å². The van der Waals surface area contributed by atoms with Crippen molar-refractivity contribution in [2.75, 3.05) is 7.11 Å². The van der Waals surface area contributed by atoms with Crippen LogP contribution < -0.4 is 4.74 Å². The topological polar surface area (TPSA) is 9.23 Å². The van der Waals surface area contributed by atoms with Gasteiger partial charge in [-0.15, -0.1) is 0 Å². The molecule has 1 nitrogen and oxygen atoms in total. The molecule has 0 N–H and O–H groups in total. The fraction of sp³-hybridized carbons (Fsp3) is 0.538. The van der Waals surface area contributed by atoms with Crippen LogP contribution >= 0.6 is 0 Å². The highest BCUT2D eigenvalue weighted by molar-refractivity contribution is 5.28. The van der Waals surface area contributed by atoms with Crippen molar-refractivity contribution in [1.82, 2.24) is 0 Å². The maximum atomic E-state index is 5.06. The summed E-state index contributed by atoms with van der Waals surface area (Å²) in [6.07, 6.45) is 1.07. The molecule has 1 heteroatoms.